The lowest BCUT2D eigenvalue weighted by Crippen LogP contribution is -2.16. The molecule has 3 rings (SSSR count). The fourth-order valence-corrected chi connectivity index (χ4v) is 3.42. The molecule has 3 aromatic rings. The number of azo groups is 1. The maximum absolute atomic E-state index is 6.30. The molecule has 0 radical (unpaired) electrons. The summed E-state index contributed by atoms with van der Waals surface area (Å²) in [4.78, 5) is 18.5. The SMILES string of the molecule is CCCCNc1nc(NCCCC)nc(-n2nc(C(C)(C)C)nc2/N=N/c2c(C(C)(C)C)nn(C)c2N)n1. The molecular weight excluding hydrogens is 482 g/mol. The summed E-state index contributed by atoms with van der Waals surface area (Å²) in [5, 5.41) is 24.9. The molecule has 0 amide bonds. The number of aryl methyl sites for hydroxylation is 1. The van der Waals surface area contributed by atoms with Crippen LogP contribution in [0.2, 0.25) is 0 Å². The maximum atomic E-state index is 6.30. The van der Waals surface area contributed by atoms with Crippen LogP contribution in [-0.2, 0) is 17.9 Å². The molecule has 0 spiro atoms. The van der Waals surface area contributed by atoms with Gasteiger partial charge in [0.25, 0.3) is 11.9 Å². The van der Waals surface area contributed by atoms with Gasteiger partial charge in [0.1, 0.15) is 5.82 Å². The Balaban J connectivity index is 2.12. The summed E-state index contributed by atoms with van der Waals surface area (Å²) in [5.41, 5.74) is 6.93. The Bertz CT molecular complexity index is 1210. The van der Waals surface area contributed by atoms with Crippen molar-refractivity contribution < 1.29 is 0 Å². The van der Waals surface area contributed by atoms with Crippen molar-refractivity contribution in [3.8, 4) is 5.95 Å². The molecule has 208 valence electrons. The zero-order chi connectivity index (χ0) is 28.1. The fraction of sp³-hybridized carbons (Fsp3) is 0.680. The van der Waals surface area contributed by atoms with Crippen LogP contribution in [0, 0.1) is 0 Å². The van der Waals surface area contributed by atoms with Crippen LogP contribution in [0.25, 0.3) is 5.95 Å². The van der Waals surface area contributed by atoms with Gasteiger partial charge in [-0.05, 0) is 12.8 Å². The van der Waals surface area contributed by atoms with Gasteiger partial charge >= 0.3 is 0 Å². The highest BCUT2D eigenvalue weighted by molar-refractivity contribution is 5.63. The van der Waals surface area contributed by atoms with Gasteiger partial charge in [-0.1, -0.05) is 68.2 Å². The number of anilines is 3. The molecule has 0 saturated heterocycles. The third-order valence-corrected chi connectivity index (χ3v) is 5.72. The second kappa shape index (κ2) is 11.8. The Morgan fingerprint density at radius 1 is 0.789 bits per heavy atom. The molecule has 13 nitrogen and oxygen atoms in total. The monoisotopic (exact) mass is 525 g/mol. The number of aromatic nitrogens is 8. The van der Waals surface area contributed by atoms with Crippen LogP contribution in [0.1, 0.15) is 92.6 Å². The molecular formula is C25H43N13. The minimum absolute atomic E-state index is 0.239. The quantitative estimate of drug-likeness (QED) is 0.225. The van der Waals surface area contributed by atoms with Crippen molar-refractivity contribution in [2.75, 3.05) is 29.5 Å². The molecule has 4 N–H and O–H groups in total. The standard InChI is InChI=1S/C25H43N13/c1-10-12-14-27-20-30-21(28-15-13-11-2)32-22(31-20)38-23(29-19(36-38)25(6,7)8)34-33-16-17(24(3,4)5)35-37(9)18(16)26/h10-15,26H2,1-9H3,(H2,27,28,30,31,32)/b34-33+. The lowest BCUT2D eigenvalue weighted by Gasteiger charge is -2.15. The van der Waals surface area contributed by atoms with Crippen LogP contribution in [0.15, 0.2) is 10.2 Å². The van der Waals surface area contributed by atoms with E-state index < -0.39 is 0 Å². The van der Waals surface area contributed by atoms with Crippen LogP contribution in [0.5, 0.6) is 0 Å². The van der Waals surface area contributed by atoms with Crippen LogP contribution in [0.4, 0.5) is 29.4 Å². The molecule has 0 bridgehead atoms. The summed E-state index contributed by atoms with van der Waals surface area (Å²) < 4.78 is 3.11. The Hall–Kier alpha value is -3.64. The summed E-state index contributed by atoms with van der Waals surface area (Å²) in [6.45, 7) is 18.0. The minimum atomic E-state index is -0.336. The largest absolute Gasteiger partial charge is 0.382 e. The number of nitrogen functional groups attached to an aromatic ring is 1. The highest BCUT2D eigenvalue weighted by atomic mass is 15.5. The van der Waals surface area contributed by atoms with E-state index in [-0.39, 0.29) is 16.8 Å². The first-order valence-corrected chi connectivity index (χ1v) is 13.3. The van der Waals surface area contributed by atoms with E-state index in [0.29, 0.717) is 35.2 Å². The van der Waals surface area contributed by atoms with Gasteiger partial charge < -0.3 is 16.4 Å². The van der Waals surface area contributed by atoms with Gasteiger partial charge in [0.15, 0.2) is 11.5 Å². The number of unbranched alkanes of at least 4 members (excludes halogenated alkanes) is 2. The van der Waals surface area contributed by atoms with Gasteiger partial charge in [-0.15, -0.1) is 15.3 Å². The van der Waals surface area contributed by atoms with Gasteiger partial charge in [-0.2, -0.15) is 29.7 Å². The normalized spacial score (nSPS) is 12.4. The number of hydrogen-bond donors (Lipinski definition) is 3. The van der Waals surface area contributed by atoms with Crippen molar-refractivity contribution >= 4 is 29.4 Å². The highest BCUT2D eigenvalue weighted by Crippen LogP contribution is 2.36. The summed E-state index contributed by atoms with van der Waals surface area (Å²) in [6, 6.07) is 0. The fourth-order valence-electron chi connectivity index (χ4n) is 3.42. The summed E-state index contributed by atoms with van der Waals surface area (Å²) in [6.07, 6.45) is 4.12. The highest BCUT2D eigenvalue weighted by Gasteiger charge is 2.27. The molecule has 0 aliphatic carbocycles. The molecule has 0 aromatic carbocycles. The van der Waals surface area contributed by atoms with Crippen LogP contribution >= 0.6 is 0 Å². The van der Waals surface area contributed by atoms with Gasteiger partial charge in [-0.25, -0.2) is 0 Å². The number of rotatable bonds is 11. The van der Waals surface area contributed by atoms with E-state index in [1.165, 1.54) is 4.68 Å². The van der Waals surface area contributed by atoms with Crippen molar-refractivity contribution in [3.05, 3.63) is 11.5 Å². The number of hydrogen-bond acceptors (Lipinski definition) is 11. The third-order valence-electron chi connectivity index (χ3n) is 5.72. The van der Waals surface area contributed by atoms with E-state index in [1.54, 1.807) is 11.7 Å². The molecule has 0 saturated carbocycles. The average molecular weight is 526 g/mol. The number of nitrogens with two attached hydrogens (primary N) is 1. The van der Waals surface area contributed by atoms with Gasteiger partial charge in [0, 0.05) is 31.0 Å². The first kappa shape index (κ1) is 28.9. The third kappa shape index (κ3) is 7.01. The Morgan fingerprint density at radius 3 is 1.87 bits per heavy atom. The molecule has 0 unspecified atom stereocenters. The van der Waals surface area contributed by atoms with Gasteiger partial charge in [0.2, 0.25) is 11.9 Å². The second-order valence-electron chi connectivity index (χ2n) is 11.4. The predicted molar refractivity (Wildman–Crippen MR) is 151 cm³/mol. The minimum Gasteiger partial charge on any atom is -0.382 e. The number of nitrogens with zero attached hydrogens (tertiary/aromatic N) is 10. The molecule has 0 fully saturated rings. The zero-order valence-corrected chi connectivity index (χ0v) is 24.3. The first-order valence-electron chi connectivity index (χ1n) is 13.3. The maximum Gasteiger partial charge on any atom is 0.275 e. The van der Waals surface area contributed by atoms with Gasteiger partial charge in [0.05, 0.1) is 5.69 Å². The Morgan fingerprint density at radius 2 is 1.37 bits per heavy atom. The molecule has 0 aliphatic heterocycles. The van der Waals surface area contributed by atoms with Crippen molar-refractivity contribution in [2.45, 2.75) is 91.9 Å². The zero-order valence-electron chi connectivity index (χ0n) is 24.3. The van der Waals surface area contributed by atoms with E-state index in [2.05, 4.69) is 75.5 Å². The van der Waals surface area contributed by atoms with E-state index >= 15 is 0 Å². The summed E-state index contributed by atoms with van der Waals surface area (Å²) in [7, 11) is 1.79. The second-order valence-corrected chi connectivity index (χ2v) is 11.4. The van der Waals surface area contributed by atoms with Crippen molar-refractivity contribution in [3.63, 3.8) is 0 Å². The van der Waals surface area contributed by atoms with Crippen LogP contribution in [-0.4, -0.2) is 52.6 Å². The van der Waals surface area contributed by atoms with E-state index in [9.17, 15) is 0 Å². The topological polar surface area (TPSA) is 162 Å². The molecule has 3 aromatic heterocycles. The van der Waals surface area contributed by atoms with Crippen molar-refractivity contribution in [1.29, 1.82) is 0 Å². The first-order chi connectivity index (χ1) is 17.8. The number of nitrogens with one attached hydrogen (secondary N) is 2. The lowest BCUT2D eigenvalue weighted by molar-refractivity contribution is 0.542. The molecule has 3 heterocycles. The van der Waals surface area contributed by atoms with Crippen LogP contribution < -0.4 is 16.4 Å². The summed E-state index contributed by atoms with van der Waals surface area (Å²) in [5.74, 6) is 2.47. The van der Waals surface area contributed by atoms with E-state index in [4.69, 9.17) is 15.8 Å². The molecule has 13 heteroatoms. The van der Waals surface area contributed by atoms with Crippen molar-refractivity contribution in [1.82, 2.24) is 39.5 Å². The van der Waals surface area contributed by atoms with Crippen molar-refractivity contribution in [2.24, 2.45) is 17.3 Å². The van der Waals surface area contributed by atoms with E-state index in [0.717, 1.165) is 44.5 Å². The average Bonchev–Trinajstić information content (AvgIpc) is 3.39. The molecule has 38 heavy (non-hydrogen) atoms. The molecule has 0 atom stereocenters. The Labute approximate surface area is 225 Å². The molecule has 0 aliphatic rings. The van der Waals surface area contributed by atoms with Gasteiger partial charge in [-0.3, -0.25) is 4.68 Å². The van der Waals surface area contributed by atoms with E-state index in [1.807, 2.05) is 20.8 Å². The lowest BCUT2D eigenvalue weighted by atomic mass is 9.91. The summed E-state index contributed by atoms with van der Waals surface area (Å²) >= 11 is 0. The predicted octanol–water partition coefficient (Wildman–Crippen LogP) is 5.20. The van der Waals surface area contributed by atoms with Crippen LogP contribution in [0.3, 0.4) is 0 Å². The Kier molecular flexibility index (Phi) is 9.00. The smallest absolute Gasteiger partial charge is 0.275 e.